The minimum absolute atomic E-state index is 0.178. The number of rotatable bonds is 5. The Morgan fingerprint density at radius 3 is 2.93 bits per heavy atom. The van der Waals surface area contributed by atoms with E-state index in [-0.39, 0.29) is 23.4 Å². The highest BCUT2D eigenvalue weighted by Gasteiger charge is 2.28. The molecule has 1 amide bonds. The van der Waals surface area contributed by atoms with E-state index in [2.05, 4.69) is 17.6 Å². The van der Waals surface area contributed by atoms with Crippen molar-refractivity contribution in [2.75, 3.05) is 11.9 Å². The highest BCUT2D eigenvalue weighted by molar-refractivity contribution is 7.80. The van der Waals surface area contributed by atoms with E-state index in [4.69, 9.17) is 17.0 Å². The number of carbonyl (C=O) groups is 2. The molecule has 1 unspecified atom stereocenters. The van der Waals surface area contributed by atoms with Crippen LogP contribution >= 0.6 is 34.9 Å². The van der Waals surface area contributed by atoms with Crippen LogP contribution in [0.5, 0.6) is 0 Å². The van der Waals surface area contributed by atoms with Gasteiger partial charge in [-0.1, -0.05) is 13.0 Å². The average molecular weight is 423 g/mol. The van der Waals surface area contributed by atoms with Crippen LogP contribution in [0.3, 0.4) is 0 Å². The summed E-state index contributed by atoms with van der Waals surface area (Å²) in [5, 5.41) is 8.55. The normalized spacial score (nSPS) is 15.7. The fraction of sp³-hybridized carbons (Fsp3) is 0.421. The van der Waals surface area contributed by atoms with E-state index in [9.17, 15) is 9.59 Å². The van der Waals surface area contributed by atoms with Crippen molar-refractivity contribution in [1.29, 1.82) is 0 Å². The molecular formula is C19H22N2O3S3. The number of thiocarbonyl (C=S) groups is 1. The zero-order valence-corrected chi connectivity index (χ0v) is 17.7. The Hall–Kier alpha value is -1.77. The van der Waals surface area contributed by atoms with E-state index in [0.717, 1.165) is 29.7 Å². The molecule has 0 fully saturated rings. The van der Waals surface area contributed by atoms with Crippen LogP contribution in [0.1, 0.15) is 45.9 Å². The zero-order chi connectivity index (χ0) is 19.4. The number of fused-ring (bicyclic) bond motifs is 1. The Morgan fingerprint density at radius 2 is 2.22 bits per heavy atom. The molecule has 1 aliphatic rings. The summed E-state index contributed by atoms with van der Waals surface area (Å²) in [4.78, 5) is 26.8. The third-order valence-corrected chi connectivity index (χ3v) is 6.64. The largest absolute Gasteiger partial charge is 0.462 e. The minimum atomic E-state index is -0.334. The second kappa shape index (κ2) is 8.95. The van der Waals surface area contributed by atoms with Gasteiger partial charge in [0.1, 0.15) is 5.00 Å². The number of amides is 1. The molecule has 1 atom stereocenters. The Bertz CT molecular complexity index is 843. The number of thiophene rings is 2. The molecule has 144 valence electrons. The van der Waals surface area contributed by atoms with Gasteiger partial charge in [-0.25, -0.2) is 4.79 Å². The number of ether oxygens (including phenoxy) is 1. The maximum absolute atomic E-state index is 12.5. The zero-order valence-electron chi connectivity index (χ0n) is 15.3. The van der Waals surface area contributed by atoms with E-state index < -0.39 is 0 Å². The molecule has 0 aliphatic heterocycles. The molecule has 2 N–H and O–H groups in total. The summed E-state index contributed by atoms with van der Waals surface area (Å²) in [7, 11) is 0. The first-order valence-electron chi connectivity index (χ1n) is 8.92. The van der Waals surface area contributed by atoms with Crippen LogP contribution in [0.2, 0.25) is 0 Å². The summed E-state index contributed by atoms with van der Waals surface area (Å²) >= 11 is 8.36. The number of hydrogen-bond acceptors (Lipinski definition) is 6. The third-order valence-electron chi connectivity index (χ3n) is 4.39. The predicted octanol–water partition coefficient (Wildman–Crippen LogP) is 4.17. The molecule has 0 radical (unpaired) electrons. The molecule has 5 nitrogen and oxygen atoms in total. The molecule has 0 saturated carbocycles. The molecule has 8 heteroatoms. The first-order valence-corrected chi connectivity index (χ1v) is 11.0. The lowest BCUT2D eigenvalue weighted by Crippen LogP contribution is -2.35. The van der Waals surface area contributed by atoms with Crippen LogP contribution < -0.4 is 10.6 Å². The quantitative estimate of drug-likeness (QED) is 0.559. The Labute approximate surface area is 172 Å². The van der Waals surface area contributed by atoms with Gasteiger partial charge in [0.15, 0.2) is 5.11 Å². The monoisotopic (exact) mass is 422 g/mol. The van der Waals surface area contributed by atoms with Gasteiger partial charge < -0.3 is 15.4 Å². The lowest BCUT2D eigenvalue weighted by molar-refractivity contribution is -0.118. The van der Waals surface area contributed by atoms with E-state index in [1.165, 1.54) is 27.6 Å². The molecule has 1 aliphatic carbocycles. The summed E-state index contributed by atoms with van der Waals surface area (Å²) in [6.45, 7) is 4.33. The number of hydrogen-bond donors (Lipinski definition) is 2. The Balaban J connectivity index is 1.74. The molecule has 2 aromatic rings. The van der Waals surface area contributed by atoms with Crippen LogP contribution in [0.4, 0.5) is 5.00 Å². The van der Waals surface area contributed by atoms with Gasteiger partial charge in [0, 0.05) is 9.75 Å². The van der Waals surface area contributed by atoms with Crippen molar-refractivity contribution in [2.24, 2.45) is 5.92 Å². The smallest absolute Gasteiger partial charge is 0.341 e. The van der Waals surface area contributed by atoms with Crippen LogP contribution in [0.25, 0.3) is 0 Å². The van der Waals surface area contributed by atoms with Crippen molar-refractivity contribution >= 4 is 56.9 Å². The van der Waals surface area contributed by atoms with Crippen LogP contribution in [-0.4, -0.2) is 23.6 Å². The van der Waals surface area contributed by atoms with Gasteiger partial charge in [0.2, 0.25) is 5.91 Å². The maximum atomic E-state index is 12.5. The topological polar surface area (TPSA) is 67.4 Å². The van der Waals surface area contributed by atoms with Gasteiger partial charge in [-0.15, -0.1) is 22.7 Å². The van der Waals surface area contributed by atoms with Gasteiger partial charge in [0.25, 0.3) is 0 Å². The Kier molecular flexibility index (Phi) is 6.62. The van der Waals surface area contributed by atoms with Crippen molar-refractivity contribution in [3.8, 4) is 0 Å². The second-order valence-corrected chi connectivity index (χ2v) is 9.08. The second-order valence-electron chi connectivity index (χ2n) is 6.53. The highest BCUT2D eigenvalue weighted by Crippen LogP contribution is 2.40. The highest BCUT2D eigenvalue weighted by atomic mass is 32.1. The van der Waals surface area contributed by atoms with E-state index in [1.54, 1.807) is 6.92 Å². The third kappa shape index (κ3) is 4.94. The summed E-state index contributed by atoms with van der Waals surface area (Å²) in [5.41, 5.74) is 1.63. The standard InChI is InChI=1S/C19H22N2O3S3/c1-3-24-18(23)16-13-7-6-11(2)9-14(13)27-17(16)21-19(25)20-15(22)10-12-5-4-8-26-12/h4-5,8,11H,3,6-7,9-10H2,1-2H3,(H2,20,21,22,25). The molecule has 0 spiro atoms. The number of nitrogens with one attached hydrogen (secondary N) is 2. The van der Waals surface area contributed by atoms with Crippen LogP contribution in [0, 0.1) is 5.92 Å². The molecule has 0 saturated heterocycles. The molecule has 27 heavy (non-hydrogen) atoms. The fourth-order valence-electron chi connectivity index (χ4n) is 3.13. The van der Waals surface area contributed by atoms with Crippen molar-refractivity contribution in [1.82, 2.24) is 5.32 Å². The van der Waals surface area contributed by atoms with Crippen LogP contribution in [-0.2, 0) is 28.8 Å². The van der Waals surface area contributed by atoms with Crippen molar-refractivity contribution in [3.05, 3.63) is 38.4 Å². The lowest BCUT2D eigenvalue weighted by atomic mass is 9.88. The summed E-state index contributed by atoms with van der Waals surface area (Å²) in [5.74, 6) is 0.0823. The molecular weight excluding hydrogens is 400 g/mol. The summed E-state index contributed by atoms with van der Waals surface area (Å²) in [6.07, 6.45) is 3.15. The van der Waals surface area contributed by atoms with Gasteiger partial charge in [0.05, 0.1) is 18.6 Å². The molecule has 0 bridgehead atoms. The van der Waals surface area contributed by atoms with Gasteiger partial charge in [-0.05, 0) is 61.3 Å². The van der Waals surface area contributed by atoms with Crippen molar-refractivity contribution in [3.63, 3.8) is 0 Å². The number of carbonyl (C=O) groups excluding carboxylic acids is 2. The Morgan fingerprint density at radius 1 is 1.41 bits per heavy atom. The van der Waals surface area contributed by atoms with E-state index in [0.29, 0.717) is 23.1 Å². The lowest BCUT2D eigenvalue weighted by Gasteiger charge is -2.18. The molecule has 2 heterocycles. The van der Waals surface area contributed by atoms with Gasteiger partial charge in [-0.2, -0.15) is 0 Å². The minimum Gasteiger partial charge on any atom is -0.462 e. The van der Waals surface area contributed by atoms with E-state index in [1.807, 2.05) is 17.5 Å². The predicted molar refractivity (Wildman–Crippen MR) is 114 cm³/mol. The summed E-state index contributed by atoms with van der Waals surface area (Å²) < 4.78 is 5.25. The fourth-order valence-corrected chi connectivity index (χ4v) is 5.52. The molecule has 0 aromatic carbocycles. The molecule has 3 rings (SSSR count). The van der Waals surface area contributed by atoms with Crippen molar-refractivity contribution in [2.45, 2.75) is 39.5 Å². The van der Waals surface area contributed by atoms with E-state index >= 15 is 0 Å². The first kappa shape index (κ1) is 20.0. The average Bonchev–Trinajstić information content (AvgIpc) is 3.21. The number of anilines is 1. The summed E-state index contributed by atoms with van der Waals surface area (Å²) in [6, 6.07) is 3.82. The number of esters is 1. The molecule has 2 aromatic heterocycles. The van der Waals surface area contributed by atoms with Gasteiger partial charge in [-0.3, -0.25) is 4.79 Å². The first-order chi connectivity index (χ1) is 13.0. The van der Waals surface area contributed by atoms with Crippen molar-refractivity contribution < 1.29 is 14.3 Å². The SMILES string of the molecule is CCOC(=O)c1c(NC(=S)NC(=O)Cc2cccs2)sc2c1CCC(C)C2. The van der Waals surface area contributed by atoms with Gasteiger partial charge >= 0.3 is 5.97 Å². The maximum Gasteiger partial charge on any atom is 0.341 e. The van der Waals surface area contributed by atoms with Crippen LogP contribution in [0.15, 0.2) is 17.5 Å².